The normalized spacial score (nSPS) is 19.5. The molecule has 1 aliphatic heterocycles. The summed E-state index contributed by atoms with van der Waals surface area (Å²) >= 11 is 1.12. The van der Waals surface area contributed by atoms with Crippen LogP contribution in [0.5, 0.6) is 5.75 Å². The van der Waals surface area contributed by atoms with Gasteiger partial charge in [0.25, 0.3) is 5.91 Å². The summed E-state index contributed by atoms with van der Waals surface area (Å²) in [5.74, 6) is -0.469. The van der Waals surface area contributed by atoms with E-state index in [1.165, 1.54) is 47.8 Å². The third-order valence-corrected chi connectivity index (χ3v) is 8.73. The van der Waals surface area contributed by atoms with E-state index < -0.39 is 9.84 Å². The fraction of sp³-hybridized carbons (Fsp3) is 0.292. The number of amides is 1. The summed E-state index contributed by atoms with van der Waals surface area (Å²) in [7, 11) is -3.78. The van der Waals surface area contributed by atoms with E-state index >= 15 is 0 Å². The summed E-state index contributed by atoms with van der Waals surface area (Å²) in [6, 6.07) is 13.2. The molecule has 6 nitrogen and oxygen atoms in total. The minimum Gasteiger partial charge on any atom is -0.508 e. The predicted molar refractivity (Wildman–Crippen MR) is 125 cm³/mol. The summed E-state index contributed by atoms with van der Waals surface area (Å²) in [5.41, 5.74) is 1.01. The highest BCUT2D eigenvalue weighted by Gasteiger charge is 2.33. The van der Waals surface area contributed by atoms with Crippen LogP contribution in [-0.2, 0) is 16.4 Å². The number of aromatic hydroxyl groups is 1. The van der Waals surface area contributed by atoms with Crippen molar-refractivity contribution in [3.63, 3.8) is 0 Å². The van der Waals surface area contributed by atoms with Gasteiger partial charge in [0.2, 0.25) is 9.84 Å². The van der Waals surface area contributed by atoms with E-state index in [0.29, 0.717) is 24.5 Å². The van der Waals surface area contributed by atoms with E-state index in [4.69, 9.17) is 0 Å². The summed E-state index contributed by atoms with van der Waals surface area (Å²) in [4.78, 5) is 17.8. The van der Waals surface area contributed by atoms with Crippen LogP contribution in [0.15, 0.2) is 69.8 Å². The Balaban J connectivity index is 1.47. The van der Waals surface area contributed by atoms with Crippen molar-refractivity contribution < 1.29 is 22.7 Å². The van der Waals surface area contributed by atoms with Gasteiger partial charge < -0.3 is 10.0 Å². The van der Waals surface area contributed by atoms with Crippen molar-refractivity contribution in [2.75, 3.05) is 13.1 Å². The average Bonchev–Trinajstić information content (AvgIpc) is 3.29. The number of phenolic OH excluding ortho intramolecular Hbond substituents is 1. The van der Waals surface area contributed by atoms with Crippen LogP contribution in [0.2, 0.25) is 0 Å². The molecule has 0 unspecified atom stereocenters. The van der Waals surface area contributed by atoms with Crippen LogP contribution in [0.25, 0.3) is 0 Å². The zero-order valence-electron chi connectivity index (χ0n) is 18.3. The molecule has 1 aliphatic rings. The summed E-state index contributed by atoms with van der Waals surface area (Å²) in [5, 5.41) is 10.9. The molecular formula is C24H25FN2O4S2. The fourth-order valence-corrected chi connectivity index (χ4v) is 6.49. The largest absolute Gasteiger partial charge is 0.508 e. The third kappa shape index (κ3) is 4.95. The number of nitrogens with zero attached hydrogens (tertiary/aromatic N) is 2. The molecule has 0 saturated carbocycles. The molecule has 0 bridgehead atoms. The van der Waals surface area contributed by atoms with Crippen LogP contribution in [-0.4, -0.2) is 54.4 Å². The van der Waals surface area contributed by atoms with Crippen molar-refractivity contribution in [1.29, 1.82) is 0 Å². The van der Waals surface area contributed by atoms with E-state index in [0.717, 1.165) is 16.9 Å². The van der Waals surface area contributed by atoms with Crippen LogP contribution in [0.1, 0.15) is 29.1 Å². The van der Waals surface area contributed by atoms with E-state index in [2.05, 4.69) is 4.90 Å². The predicted octanol–water partition coefficient (Wildman–Crippen LogP) is 4.16. The van der Waals surface area contributed by atoms with Gasteiger partial charge in [-0.05, 0) is 61.9 Å². The number of benzene rings is 2. The van der Waals surface area contributed by atoms with Gasteiger partial charge in [-0.1, -0.05) is 12.1 Å². The molecular weight excluding hydrogens is 463 g/mol. The smallest absolute Gasteiger partial charge is 0.264 e. The maximum atomic E-state index is 13.2. The number of sulfone groups is 1. The summed E-state index contributed by atoms with van der Waals surface area (Å²) < 4.78 is 39.0. The topological polar surface area (TPSA) is 77.9 Å². The maximum absolute atomic E-state index is 13.2. The van der Waals surface area contributed by atoms with Gasteiger partial charge in [-0.3, -0.25) is 9.69 Å². The van der Waals surface area contributed by atoms with Gasteiger partial charge in [0, 0.05) is 37.1 Å². The zero-order valence-corrected chi connectivity index (χ0v) is 19.9. The van der Waals surface area contributed by atoms with Gasteiger partial charge in [-0.2, -0.15) is 0 Å². The van der Waals surface area contributed by atoms with Gasteiger partial charge in [0.05, 0.1) is 14.7 Å². The first kappa shape index (κ1) is 23.4. The van der Waals surface area contributed by atoms with E-state index in [1.54, 1.807) is 17.0 Å². The Hall–Kier alpha value is -2.75. The molecule has 1 N–H and O–H groups in total. The molecule has 2 heterocycles. The molecule has 2 atom stereocenters. The average molecular weight is 489 g/mol. The van der Waals surface area contributed by atoms with Crippen LogP contribution < -0.4 is 0 Å². The maximum Gasteiger partial charge on any atom is 0.264 e. The van der Waals surface area contributed by atoms with Gasteiger partial charge in [-0.25, -0.2) is 12.8 Å². The number of hydrogen-bond acceptors (Lipinski definition) is 6. The molecule has 4 rings (SSSR count). The number of rotatable bonds is 5. The molecule has 3 aromatic rings. The second-order valence-corrected chi connectivity index (χ2v) is 11.2. The Labute approximate surface area is 196 Å². The van der Waals surface area contributed by atoms with Crippen molar-refractivity contribution >= 4 is 27.1 Å². The molecule has 0 spiro atoms. The lowest BCUT2D eigenvalue weighted by Crippen LogP contribution is -2.57. The molecule has 1 saturated heterocycles. The Morgan fingerprint density at radius 3 is 2.36 bits per heavy atom. The van der Waals surface area contributed by atoms with Crippen molar-refractivity contribution in [2.24, 2.45) is 0 Å². The minimum absolute atomic E-state index is 0.0168. The van der Waals surface area contributed by atoms with Crippen molar-refractivity contribution in [3.8, 4) is 5.75 Å². The summed E-state index contributed by atoms with van der Waals surface area (Å²) in [6.07, 6.45) is 0. The number of halogens is 1. The highest BCUT2D eigenvalue weighted by Crippen LogP contribution is 2.29. The van der Waals surface area contributed by atoms with Crippen LogP contribution in [0.4, 0.5) is 4.39 Å². The highest BCUT2D eigenvalue weighted by molar-refractivity contribution is 7.91. The van der Waals surface area contributed by atoms with Gasteiger partial charge in [0.15, 0.2) is 0 Å². The van der Waals surface area contributed by atoms with Crippen LogP contribution in [0.3, 0.4) is 0 Å². The Morgan fingerprint density at radius 1 is 1.03 bits per heavy atom. The first-order valence-electron chi connectivity index (χ1n) is 10.6. The number of thiophene rings is 1. The molecule has 0 aliphatic carbocycles. The second-order valence-electron chi connectivity index (χ2n) is 8.36. The molecule has 9 heteroatoms. The zero-order chi connectivity index (χ0) is 23.8. The van der Waals surface area contributed by atoms with E-state index in [9.17, 15) is 22.7 Å². The highest BCUT2D eigenvalue weighted by atomic mass is 32.2. The number of carbonyl (C=O) groups is 1. The number of phenols is 1. The summed E-state index contributed by atoms with van der Waals surface area (Å²) in [6.45, 7) is 5.86. The number of hydrogen-bond donors (Lipinski definition) is 1. The first-order valence-corrected chi connectivity index (χ1v) is 12.9. The van der Waals surface area contributed by atoms with Crippen molar-refractivity contribution in [3.05, 3.63) is 76.2 Å². The lowest BCUT2D eigenvalue weighted by molar-refractivity contribution is 0.0294. The van der Waals surface area contributed by atoms with E-state index in [-0.39, 0.29) is 39.3 Å². The molecule has 1 amide bonds. The van der Waals surface area contributed by atoms with E-state index in [1.807, 2.05) is 13.8 Å². The van der Waals surface area contributed by atoms with Gasteiger partial charge >= 0.3 is 0 Å². The Bertz CT molecular complexity index is 1240. The first-order chi connectivity index (χ1) is 15.6. The fourth-order valence-electron chi connectivity index (χ4n) is 4.00. The molecule has 0 radical (unpaired) electrons. The molecule has 1 fully saturated rings. The van der Waals surface area contributed by atoms with Crippen molar-refractivity contribution in [1.82, 2.24) is 9.80 Å². The SMILES string of the molecule is C[C@H]1CN(C(=O)c2cc(S(=O)(=O)c3ccc(O)cc3)cs2)[C@@H](C)CN1Cc1ccc(F)cc1. The standard InChI is InChI=1S/C24H25FN2O4S2/c1-16-13-27(17(2)12-26(16)14-18-3-5-19(25)6-4-18)24(29)23-11-22(15-32-23)33(30,31)21-9-7-20(28)8-10-21/h3-11,15-17,28H,12-14H2,1-2H3/t16-,17-/m0/s1. The van der Waals surface area contributed by atoms with Crippen molar-refractivity contribution in [2.45, 2.75) is 42.3 Å². The van der Waals surface area contributed by atoms with Gasteiger partial charge in [0.1, 0.15) is 11.6 Å². The molecule has 33 heavy (non-hydrogen) atoms. The number of carbonyl (C=O) groups excluding carboxylic acids is 1. The van der Waals surface area contributed by atoms with Crippen LogP contribution >= 0.6 is 11.3 Å². The Morgan fingerprint density at radius 2 is 1.70 bits per heavy atom. The molecule has 174 valence electrons. The second kappa shape index (κ2) is 9.24. The lowest BCUT2D eigenvalue weighted by Gasteiger charge is -2.44. The quantitative estimate of drug-likeness (QED) is 0.584. The van der Waals surface area contributed by atoms with Gasteiger partial charge in [-0.15, -0.1) is 11.3 Å². The Kier molecular flexibility index (Phi) is 6.56. The monoisotopic (exact) mass is 488 g/mol. The van der Waals surface area contributed by atoms with Crippen LogP contribution in [0, 0.1) is 5.82 Å². The number of piperazine rings is 1. The molecule has 2 aromatic carbocycles. The lowest BCUT2D eigenvalue weighted by atomic mass is 10.1. The third-order valence-electron chi connectivity index (χ3n) is 5.92. The molecule has 1 aromatic heterocycles. The minimum atomic E-state index is -3.78.